The van der Waals surface area contributed by atoms with Crippen LogP contribution in [0.1, 0.15) is 23.1 Å². The summed E-state index contributed by atoms with van der Waals surface area (Å²) in [6, 6.07) is 9.43. The second-order valence-corrected chi connectivity index (χ2v) is 6.23. The van der Waals surface area contributed by atoms with E-state index in [4.69, 9.17) is 5.73 Å². The number of halogens is 1. The van der Waals surface area contributed by atoms with Gasteiger partial charge in [0.2, 0.25) is 0 Å². The van der Waals surface area contributed by atoms with E-state index in [1.807, 2.05) is 31.2 Å². The average molecular weight is 299 g/mol. The molecule has 116 valence electrons. The molecular weight excluding hydrogens is 277 g/mol. The van der Waals surface area contributed by atoms with Crippen LogP contribution in [0.3, 0.4) is 0 Å². The van der Waals surface area contributed by atoms with Crippen LogP contribution in [0, 0.1) is 18.7 Å². The van der Waals surface area contributed by atoms with E-state index in [1.54, 1.807) is 12.3 Å². The molecule has 2 aromatic rings. The van der Waals surface area contributed by atoms with E-state index >= 15 is 0 Å². The van der Waals surface area contributed by atoms with Gasteiger partial charge in [0, 0.05) is 24.8 Å². The molecule has 1 saturated heterocycles. The van der Waals surface area contributed by atoms with Gasteiger partial charge in [-0.05, 0) is 55.5 Å². The summed E-state index contributed by atoms with van der Waals surface area (Å²) in [5.41, 5.74) is 8.97. The Morgan fingerprint density at radius 1 is 1.36 bits per heavy atom. The zero-order chi connectivity index (χ0) is 15.5. The summed E-state index contributed by atoms with van der Waals surface area (Å²) in [6.45, 7) is 4.83. The number of rotatable bonds is 4. The summed E-state index contributed by atoms with van der Waals surface area (Å²) in [6.07, 6.45) is 3.92. The second kappa shape index (κ2) is 6.44. The van der Waals surface area contributed by atoms with Gasteiger partial charge in [-0.25, -0.2) is 9.37 Å². The van der Waals surface area contributed by atoms with Crippen molar-refractivity contribution in [3.05, 3.63) is 59.0 Å². The number of benzene rings is 1. The van der Waals surface area contributed by atoms with Gasteiger partial charge in [-0.15, -0.1) is 0 Å². The van der Waals surface area contributed by atoms with Crippen LogP contribution >= 0.6 is 0 Å². The van der Waals surface area contributed by atoms with Crippen molar-refractivity contribution in [2.45, 2.75) is 26.3 Å². The van der Waals surface area contributed by atoms with Crippen LogP contribution in [0.25, 0.3) is 0 Å². The number of likely N-dealkylation sites (tertiary alicyclic amines) is 1. The van der Waals surface area contributed by atoms with Gasteiger partial charge in [-0.1, -0.05) is 18.2 Å². The molecule has 0 aliphatic carbocycles. The standard InChI is InChI=1S/C18H22FN3/c1-13-9-14(4-5-17(13)19)10-15-6-8-22(11-15)12-16-3-2-7-21-18(16)20/h2-5,7,9,15H,6,8,10-12H2,1H3,(H2,20,21). The fourth-order valence-corrected chi connectivity index (χ4v) is 3.22. The van der Waals surface area contributed by atoms with Crippen LogP contribution in [-0.4, -0.2) is 23.0 Å². The van der Waals surface area contributed by atoms with Crippen molar-refractivity contribution in [2.75, 3.05) is 18.8 Å². The van der Waals surface area contributed by atoms with Gasteiger partial charge in [-0.2, -0.15) is 0 Å². The van der Waals surface area contributed by atoms with Gasteiger partial charge in [0.05, 0.1) is 0 Å². The van der Waals surface area contributed by atoms with Crippen molar-refractivity contribution in [1.29, 1.82) is 0 Å². The number of anilines is 1. The first-order valence-corrected chi connectivity index (χ1v) is 7.78. The van der Waals surface area contributed by atoms with Gasteiger partial charge in [0.15, 0.2) is 0 Å². The maximum absolute atomic E-state index is 13.3. The Morgan fingerprint density at radius 3 is 3.00 bits per heavy atom. The summed E-state index contributed by atoms with van der Waals surface area (Å²) in [4.78, 5) is 6.57. The molecule has 0 saturated carbocycles. The molecule has 1 aliphatic heterocycles. The van der Waals surface area contributed by atoms with Gasteiger partial charge in [0.25, 0.3) is 0 Å². The molecule has 2 heterocycles. The van der Waals surface area contributed by atoms with Crippen molar-refractivity contribution in [2.24, 2.45) is 5.92 Å². The third kappa shape index (κ3) is 3.45. The predicted molar refractivity (Wildman–Crippen MR) is 86.9 cm³/mol. The van der Waals surface area contributed by atoms with Gasteiger partial charge >= 0.3 is 0 Å². The Kier molecular flexibility index (Phi) is 4.39. The van der Waals surface area contributed by atoms with Crippen LogP contribution in [-0.2, 0) is 13.0 Å². The minimum Gasteiger partial charge on any atom is -0.383 e. The van der Waals surface area contributed by atoms with Crippen LogP contribution < -0.4 is 5.73 Å². The van der Waals surface area contributed by atoms with E-state index in [0.29, 0.717) is 11.7 Å². The van der Waals surface area contributed by atoms with Crippen LogP contribution in [0.15, 0.2) is 36.5 Å². The van der Waals surface area contributed by atoms with Crippen molar-refractivity contribution in [3.63, 3.8) is 0 Å². The third-order valence-corrected chi connectivity index (χ3v) is 4.44. The molecular formula is C18H22FN3. The Labute approximate surface area is 131 Å². The molecule has 0 spiro atoms. The molecule has 0 radical (unpaired) electrons. The SMILES string of the molecule is Cc1cc(CC2CCN(Cc3cccnc3N)C2)ccc1F. The summed E-state index contributed by atoms with van der Waals surface area (Å²) in [5.74, 6) is 1.13. The van der Waals surface area contributed by atoms with Crippen molar-refractivity contribution >= 4 is 5.82 Å². The molecule has 0 amide bonds. The number of pyridine rings is 1. The first-order chi connectivity index (χ1) is 10.6. The maximum Gasteiger partial charge on any atom is 0.127 e. The van der Waals surface area contributed by atoms with E-state index in [1.165, 1.54) is 12.0 Å². The molecule has 1 aromatic heterocycles. The highest BCUT2D eigenvalue weighted by Gasteiger charge is 2.23. The van der Waals surface area contributed by atoms with Crippen molar-refractivity contribution < 1.29 is 4.39 Å². The Bertz CT molecular complexity index is 657. The smallest absolute Gasteiger partial charge is 0.127 e. The number of nitrogens with zero attached hydrogens (tertiary/aromatic N) is 2. The zero-order valence-corrected chi connectivity index (χ0v) is 12.9. The van der Waals surface area contributed by atoms with Crippen molar-refractivity contribution in [3.8, 4) is 0 Å². The minimum absolute atomic E-state index is 0.121. The number of aromatic nitrogens is 1. The normalized spacial score (nSPS) is 18.7. The summed E-state index contributed by atoms with van der Waals surface area (Å²) >= 11 is 0. The highest BCUT2D eigenvalue weighted by molar-refractivity contribution is 5.38. The fourth-order valence-electron chi connectivity index (χ4n) is 3.22. The number of aryl methyl sites for hydroxylation is 1. The second-order valence-electron chi connectivity index (χ2n) is 6.23. The molecule has 1 aliphatic rings. The van der Waals surface area contributed by atoms with Crippen molar-refractivity contribution in [1.82, 2.24) is 9.88 Å². The first-order valence-electron chi connectivity index (χ1n) is 7.78. The molecule has 1 aromatic carbocycles. The Balaban J connectivity index is 1.58. The molecule has 22 heavy (non-hydrogen) atoms. The monoisotopic (exact) mass is 299 g/mol. The van der Waals surface area contributed by atoms with Crippen LogP contribution in [0.4, 0.5) is 10.2 Å². The van der Waals surface area contributed by atoms with E-state index < -0.39 is 0 Å². The zero-order valence-electron chi connectivity index (χ0n) is 12.9. The highest BCUT2D eigenvalue weighted by Crippen LogP contribution is 2.24. The number of hydrogen-bond donors (Lipinski definition) is 1. The third-order valence-electron chi connectivity index (χ3n) is 4.44. The van der Waals surface area contributed by atoms with E-state index in [0.717, 1.165) is 37.2 Å². The summed E-state index contributed by atoms with van der Waals surface area (Å²) < 4.78 is 13.3. The van der Waals surface area contributed by atoms with E-state index in [9.17, 15) is 4.39 Å². The fraction of sp³-hybridized carbons (Fsp3) is 0.389. The lowest BCUT2D eigenvalue weighted by Crippen LogP contribution is -2.21. The lowest BCUT2D eigenvalue weighted by atomic mass is 9.97. The topological polar surface area (TPSA) is 42.2 Å². The predicted octanol–water partition coefficient (Wildman–Crippen LogP) is 3.18. The summed E-state index contributed by atoms with van der Waals surface area (Å²) in [5, 5.41) is 0. The molecule has 1 fully saturated rings. The lowest BCUT2D eigenvalue weighted by molar-refractivity contribution is 0.316. The number of nitrogen functional groups attached to an aromatic ring is 1. The van der Waals surface area contributed by atoms with E-state index in [-0.39, 0.29) is 5.82 Å². The Morgan fingerprint density at radius 2 is 2.23 bits per heavy atom. The average Bonchev–Trinajstić information content (AvgIpc) is 2.93. The first kappa shape index (κ1) is 15.0. The lowest BCUT2D eigenvalue weighted by Gasteiger charge is -2.17. The van der Waals surface area contributed by atoms with Crippen LogP contribution in [0.5, 0.6) is 0 Å². The number of nitrogens with two attached hydrogens (primary N) is 1. The van der Waals surface area contributed by atoms with Gasteiger partial charge in [-0.3, -0.25) is 4.90 Å². The molecule has 1 atom stereocenters. The Hall–Kier alpha value is -1.94. The molecule has 2 N–H and O–H groups in total. The van der Waals surface area contributed by atoms with Gasteiger partial charge < -0.3 is 5.73 Å². The molecule has 0 bridgehead atoms. The van der Waals surface area contributed by atoms with Crippen LogP contribution in [0.2, 0.25) is 0 Å². The highest BCUT2D eigenvalue weighted by atomic mass is 19.1. The molecule has 1 unspecified atom stereocenters. The maximum atomic E-state index is 13.3. The largest absolute Gasteiger partial charge is 0.383 e. The molecule has 3 rings (SSSR count). The summed E-state index contributed by atoms with van der Waals surface area (Å²) in [7, 11) is 0. The number of hydrogen-bond acceptors (Lipinski definition) is 3. The minimum atomic E-state index is -0.121. The van der Waals surface area contributed by atoms with Gasteiger partial charge in [0.1, 0.15) is 11.6 Å². The van der Waals surface area contributed by atoms with E-state index in [2.05, 4.69) is 9.88 Å². The molecule has 3 nitrogen and oxygen atoms in total. The molecule has 4 heteroatoms. The quantitative estimate of drug-likeness (QED) is 0.943.